The molecule has 0 saturated carbocycles. The maximum absolute atomic E-state index is 12.9. The van der Waals surface area contributed by atoms with Gasteiger partial charge in [-0.3, -0.25) is 4.79 Å². The first-order valence-electron chi connectivity index (χ1n) is 11.1. The standard InChI is InChI=1S/C26H25ClN4O2/c1-17-22(18(2)31(29-17)21-6-4-3-5-7-21)9-11-25(32)30-14-12-19(13-15-30)26-28-23-16-20(27)8-10-24(23)33-26/h3-11,16,19H,12-15H2,1-2H3. The number of carbonyl (C=O) groups excluding carboxylic acids is 1. The SMILES string of the molecule is Cc1nn(-c2ccccc2)c(C)c1C=CC(=O)N1CCC(c2nc3cc(Cl)ccc3o2)CC1. The summed E-state index contributed by atoms with van der Waals surface area (Å²) in [4.78, 5) is 19.4. The number of oxazole rings is 1. The van der Waals surface area contributed by atoms with E-state index in [1.165, 1.54) is 0 Å². The van der Waals surface area contributed by atoms with Crippen LogP contribution in [0.25, 0.3) is 22.9 Å². The summed E-state index contributed by atoms with van der Waals surface area (Å²) in [5.74, 6) is 0.955. The molecule has 4 aromatic rings. The molecule has 1 aliphatic rings. The quantitative estimate of drug-likeness (QED) is 0.366. The zero-order chi connectivity index (χ0) is 22.9. The van der Waals surface area contributed by atoms with E-state index in [9.17, 15) is 4.79 Å². The molecule has 2 aromatic carbocycles. The van der Waals surface area contributed by atoms with Crippen molar-refractivity contribution in [3.63, 3.8) is 0 Å². The fourth-order valence-corrected chi connectivity index (χ4v) is 4.58. The number of para-hydroxylation sites is 1. The largest absolute Gasteiger partial charge is 0.440 e. The summed E-state index contributed by atoms with van der Waals surface area (Å²) in [6.45, 7) is 5.34. The molecule has 2 aromatic heterocycles. The Balaban J connectivity index is 1.25. The van der Waals surface area contributed by atoms with E-state index in [1.54, 1.807) is 12.1 Å². The van der Waals surface area contributed by atoms with Crippen LogP contribution in [-0.4, -0.2) is 38.7 Å². The third kappa shape index (κ3) is 4.31. The van der Waals surface area contributed by atoms with Crippen LogP contribution in [0.5, 0.6) is 0 Å². The zero-order valence-electron chi connectivity index (χ0n) is 18.7. The second-order valence-corrected chi connectivity index (χ2v) is 8.87. The Morgan fingerprint density at radius 1 is 1.12 bits per heavy atom. The summed E-state index contributed by atoms with van der Waals surface area (Å²) in [5, 5.41) is 5.30. The molecule has 0 unspecified atom stereocenters. The molecule has 0 bridgehead atoms. The highest BCUT2D eigenvalue weighted by Crippen LogP contribution is 2.31. The molecule has 33 heavy (non-hydrogen) atoms. The minimum atomic E-state index is 0.0176. The fourth-order valence-electron chi connectivity index (χ4n) is 4.42. The van der Waals surface area contributed by atoms with Gasteiger partial charge in [-0.2, -0.15) is 5.10 Å². The van der Waals surface area contributed by atoms with Crippen LogP contribution in [0.15, 0.2) is 59.0 Å². The van der Waals surface area contributed by atoms with E-state index in [1.807, 2.05) is 72.0 Å². The molecule has 0 atom stereocenters. The van der Waals surface area contributed by atoms with Gasteiger partial charge in [-0.15, -0.1) is 0 Å². The lowest BCUT2D eigenvalue weighted by molar-refractivity contribution is -0.127. The Morgan fingerprint density at radius 3 is 2.64 bits per heavy atom. The maximum Gasteiger partial charge on any atom is 0.246 e. The molecule has 0 spiro atoms. The zero-order valence-corrected chi connectivity index (χ0v) is 19.4. The molecule has 1 fully saturated rings. The Labute approximate surface area is 197 Å². The molecular formula is C26H25ClN4O2. The summed E-state index contributed by atoms with van der Waals surface area (Å²) in [6, 6.07) is 15.5. The number of aromatic nitrogens is 3. The van der Waals surface area contributed by atoms with E-state index in [0.29, 0.717) is 18.1 Å². The molecule has 168 valence electrons. The van der Waals surface area contributed by atoms with Crippen LogP contribution >= 0.6 is 11.6 Å². The van der Waals surface area contributed by atoms with Crippen molar-refractivity contribution in [3.8, 4) is 5.69 Å². The highest BCUT2D eigenvalue weighted by molar-refractivity contribution is 6.31. The van der Waals surface area contributed by atoms with Gasteiger partial charge in [0, 0.05) is 41.4 Å². The molecule has 1 aliphatic heterocycles. The predicted octanol–water partition coefficient (Wildman–Crippen LogP) is 5.70. The molecule has 0 aliphatic carbocycles. The third-order valence-electron chi connectivity index (χ3n) is 6.26. The van der Waals surface area contributed by atoms with E-state index >= 15 is 0 Å². The monoisotopic (exact) mass is 460 g/mol. The van der Waals surface area contributed by atoms with Crippen LogP contribution in [0.4, 0.5) is 0 Å². The number of likely N-dealkylation sites (tertiary alicyclic amines) is 1. The first-order valence-corrected chi connectivity index (χ1v) is 11.5. The summed E-state index contributed by atoms with van der Waals surface area (Å²) in [7, 11) is 0. The Bertz CT molecular complexity index is 1330. The van der Waals surface area contributed by atoms with Crippen LogP contribution in [0.1, 0.15) is 41.6 Å². The number of fused-ring (bicyclic) bond motifs is 1. The van der Waals surface area contributed by atoms with Gasteiger partial charge in [0.25, 0.3) is 0 Å². The molecule has 1 saturated heterocycles. The number of hydrogen-bond acceptors (Lipinski definition) is 4. The summed E-state index contributed by atoms with van der Waals surface area (Å²) >= 11 is 6.06. The average Bonchev–Trinajstić information content (AvgIpc) is 3.38. The van der Waals surface area contributed by atoms with Crippen molar-refractivity contribution in [2.24, 2.45) is 0 Å². The van der Waals surface area contributed by atoms with Crippen molar-refractivity contribution in [3.05, 3.63) is 82.5 Å². The van der Waals surface area contributed by atoms with Gasteiger partial charge in [0.2, 0.25) is 5.91 Å². The first-order chi connectivity index (χ1) is 16.0. The predicted molar refractivity (Wildman–Crippen MR) is 130 cm³/mol. The minimum Gasteiger partial charge on any atom is -0.440 e. The van der Waals surface area contributed by atoms with Crippen molar-refractivity contribution < 1.29 is 9.21 Å². The summed E-state index contributed by atoms with van der Waals surface area (Å²) in [5.41, 5.74) is 5.42. The third-order valence-corrected chi connectivity index (χ3v) is 6.50. The lowest BCUT2D eigenvalue weighted by Gasteiger charge is -2.29. The second-order valence-electron chi connectivity index (χ2n) is 8.43. The number of rotatable bonds is 4. The van der Waals surface area contributed by atoms with E-state index in [-0.39, 0.29) is 11.8 Å². The number of amides is 1. The van der Waals surface area contributed by atoms with Crippen LogP contribution < -0.4 is 0 Å². The number of nitrogens with zero attached hydrogens (tertiary/aromatic N) is 4. The van der Waals surface area contributed by atoms with Gasteiger partial charge in [0.15, 0.2) is 11.5 Å². The lowest BCUT2D eigenvalue weighted by atomic mass is 9.96. The molecular weight excluding hydrogens is 436 g/mol. The van der Waals surface area contributed by atoms with Gasteiger partial charge in [-0.1, -0.05) is 29.8 Å². The summed E-state index contributed by atoms with van der Waals surface area (Å²) in [6.07, 6.45) is 5.19. The van der Waals surface area contributed by atoms with Crippen molar-refractivity contribution >= 4 is 34.7 Å². The van der Waals surface area contributed by atoms with Crippen molar-refractivity contribution in [1.82, 2.24) is 19.7 Å². The smallest absolute Gasteiger partial charge is 0.246 e. The molecule has 0 radical (unpaired) electrons. The molecule has 1 amide bonds. The van der Waals surface area contributed by atoms with Gasteiger partial charge in [-0.25, -0.2) is 9.67 Å². The summed E-state index contributed by atoms with van der Waals surface area (Å²) < 4.78 is 7.85. The van der Waals surface area contributed by atoms with Crippen LogP contribution in [0, 0.1) is 13.8 Å². The number of piperidine rings is 1. The van der Waals surface area contributed by atoms with Crippen molar-refractivity contribution in [2.45, 2.75) is 32.6 Å². The molecule has 3 heterocycles. The molecule has 0 N–H and O–H groups in total. The van der Waals surface area contributed by atoms with Gasteiger partial charge < -0.3 is 9.32 Å². The number of aryl methyl sites for hydroxylation is 1. The van der Waals surface area contributed by atoms with E-state index in [4.69, 9.17) is 16.0 Å². The Morgan fingerprint density at radius 2 is 1.88 bits per heavy atom. The van der Waals surface area contributed by atoms with E-state index < -0.39 is 0 Å². The molecule has 7 heteroatoms. The number of benzene rings is 2. The van der Waals surface area contributed by atoms with Gasteiger partial charge in [0.05, 0.1) is 11.4 Å². The Kier molecular flexibility index (Phi) is 5.77. The lowest BCUT2D eigenvalue weighted by Crippen LogP contribution is -2.36. The van der Waals surface area contributed by atoms with Gasteiger partial charge in [0.1, 0.15) is 5.52 Å². The van der Waals surface area contributed by atoms with E-state index in [2.05, 4.69) is 10.1 Å². The fraction of sp³-hybridized carbons (Fsp3) is 0.269. The highest BCUT2D eigenvalue weighted by atomic mass is 35.5. The first kappa shape index (κ1) is 21.5. The van der Waals surface area contributed by atoms with Gasteiger partial charge >= 0.3 is 0 Å². The van der Waals surface area contributed by atoms with E-state index in [0.717, 1.165) is 52.5 Å². The minimum absolute atomic E-state index is 0.0176. The van der Waals surface area contributed by atoms with Gasteiger partial charge in [-0.05, 0) is 63.1 Å². The number of halogens is 1. The second kappa shape index (κ2) is 8.87. The van der Waals surface area contributed by atoms with Crippen LogP contribution in [-0.2, 0) is 4.79 Å². The normalized spacial score (nSPS) is 15.1. The number of hydrogen-bond donors (Lipinski definition) is 0. The maximum atomic E-state index is 12.9. The molecule has 5 rings (SSSR count). The molecule has 6 nitrogen and oxygen atoms in total. The van der Waals surface area contributed by atoms with Crippen LogP contribution in [0.3, 0.4) is 0 Å². The van der Waals surface area contributed by atoms with Crippen LogP contribution in [0.2, 0.25) is 5.02 Å². The number of carbonyl (C=O) groups is 1. The Hall–Kier alpha value is -3.38. The highest BCUT2D eigenvalue weighted by Gasteiger charge is 2.26. The average molecular weight is 461 g/mol. The topological polar surface area (TPSA) is 64.2 Å². The van der Waals surface area contributed by atoms with Crippen molar-refractivity contribution in [2.75, 3.05) is 13.1 Å². The van der Waals surface area contributed by atoms with Crippen molar-refractivity contribution in [1.29, 1.82) is 0 Å².